The van der Waals surface area contributed by atoms with Gasteiger partial charge in [-0.3, -0.25) is 9.59 Å². The van der Waals surface area contributed by atoms with Crippen LogP contribution in [0.15, 0.2) is 16.4 Å². The molecule has 0 radical (unpaired) electrons. The SMILES string of the molecule is N=C/C(C(=O)NCC=O)=C(\N[C@H]1CC[C@@H](C(=O)N=O)CC1)C(F)(F)F. The molecule has 1 saturated carbocycles. The van der Waals surface area contributed by atoms with Gasteiger partial charge in [0.25, 0.3) is 11.8 Å². The van der Waals surface area contributed by atoms with Gasteiger partial charge in [-0.1, -0.05) is 0 Å². The number of carbonyl (C=O) groups is 3. The van der Waals surface area contributed by atoms with Crippen molar-refractivity contribution in [1.29, 1.82) is 5.41 Å². The van der Waals surface area contributed by atoms with E-state index in [1.165, 1.54) is 0 Å². The van der Waals surface area contributed by atoms with E-state index in [-0.39, 0.29) is 31.9 Å². The van der Waals surface area contributed by atoms with Crippen molar-refractivity contribution in [2.45, 2.75) is 37.9 Å². The fourth-order valence-electron chi connectivity index (χ4n) is 2.56. The number of halogens is 3. The lowest BCUT2D eigenvalue weighted by molar-refractivity contribution is -0.123. The highest BCUT2D eigenvalue weighted by atomic mass is 19.4. The first-order valence-corrected chi connectivity index (χ1v) is 7.42. The number of nitrogens with zero attached hydrogens (tertiary/aromatic N) is 1. The molecular formula is C14H17F3N4O4. The number of aldehydes is 1. The molecule has 2 amide bonds. The van der Waals surface area contributed by atoms with Crippen LogP contribution in [0.2, 0.25) is 0 Å². The van der Waals surface area contributed by atoms with Crippen LogP contribution in [0.3, 0.4) is 0 Å². The molecule has 3 N–H and O–H groups in total. The summed E-state index contributed by atoms with van der Waals surface area (Å²) >= 11 is 0. The predicted molar refractivity (Wildman–Crippen MR) is 80.6 cm³/mol. The topological polar surface area (TPSA) is 129 Å². The number of hydrogen-bond acceptors (Lipinski definition) is 6. The third-order valence-corrected chi connectivity index (χ3v) is 3.80. The number of rotatable bonds is 7. The van der Waals surface area contributed by atoms with Gasteiger partial charge < -0.3 is 20.8 Å². The zero-order valence-corrected chi connectivity index (χ0v) is 13.1. The van der Waals surface area contributed by atoms with Gasteiger partial charge in [0.1, 0.15) is 12.0 Å². The van der Waals surface area contributed by atoms with Gasteiger partial charge in [-0.05, 0) is 25.7 Å². The Balaban J connectivity index is 2.94. The highest BCUT2D eigenvalue weighted by molar-refractivity contribution is 6.12. The quantitative estimate of drug-likeness (QED) is 0.271. The molecule has 1 aliphatic carbocycles. The summed E-state index contributed by atoms with van der Waals surface area (Å²) in [5.74, 6) is -2.62. The molecule has 0 spiro atoms. The summed E-state index contributed by atoms with van der Waals surface area (Å²) in [5, 5.41) is 13.6. The monoisotopic (exact) mass is 362 g/mol. The van der Waals surface area contributed by atoms with Crippen molar-refractivity contribution in [1.82, 2.24) is 10.6 Å². The number of alkyl halides is 3. The smallest absolute Gasteiger partial charge is 0.378 e. The molecule has 0 atom stereocenters. The molecule has 8 nitrogen and oxygen atoms in total. The molecule has 0 bridgehead atoms. The van der Waals surface area contributed by atoms with Crippen LogP contribution >= 0.6 is 0 Å². The Bertz CT molecular complexity index is 581. The van der Waals surface area contributed by atoms with Crippen LogP contribution in [0, 0.1) is 16.2 Å². The lowest BCUT2D eigenvalue weighted by Gasteiger charge is -2.29. The van der Waals surface area contributed by atoms with Crippen molar-refractivity contribution in [3.05, 3.63) is 16.2 Å². The summed E-state index contributed by atoms with van der Waals surface area (Å²) in [5.41, 5.74) is -2.32. The van der Waals surface area contributed by atoms with Crippen LogP contribution in [-0.4, -0.2) is 43.1 Å². The number of nitroso groups, excluding NO2 is 1. The predicted octanol–water partition coefficient (Wildman–Crippen LogP) is 1.21. The molecule has 1 rings (SSSR count). The van der Waals surface area contributed by atoms with Crippen LogP contribution in [0.5, 0.6) is 0 Å². The molecule has 11 heteroatoms. The minimum absolute atomic E-state index is 0.173. The zero-order valence-electron chi connectivity index (χ0n) is 13.1. The van der Waals surface area contributed by atoms with Gasteiger partial charge in [-0.2, -0.15) is 13.2 Å². The average molecular weight is 362 g/mol. The minimum Gasteiger partial charge on any atom is -0.378 e. The van der Waals surface area contributed by atoms with Crippen LogP contribution in [0.1, 0.15) is 25.7 Å². The van der Waals surface area contributed by atoms with Gasteiger partial charge in [0, 0.05) is 23.4 Å². The van der Waals surface area contributed by atoms with Gasteiger partial charge in [0.2, 0.25) is 0 Å². The number of hydrogen-bond donors (Lipinski definition) is 3. The summed E-state index contributed by atoms with van der Waals surface area (Å²) in [6.07, 6.45) is -3.60. The fourth-order valence-corrected chi connectivity index (χ4v) is 2.56. The Kier molecular flexibility index (Phi) is 7.40. The maximum absolute atomic E-state index is 13.3. The molecule has 0 saturated heterocycles. The van der Waals surface area contributed by atoms with E-state index in [0.717, 1.165) is 0 Å². The number of allylic oxidation sites excluding steroid dienone is 1. The van der Waals surface area contributed by atoms with Gasteiger partial charge in [-0.25, -0.2) is 0 Å². The Morgan fingerprint density at radius 3 is 2.24 bits per heavy atom. The van der Waals surface area contributed by atoms with Crippen LogP contribution in [-0.2, 0) is 14.4 Å². The van der Waals surface area contributed by atoms with Crippen molar-refractivity contribution in [2.75, 3.05) is 6.54 Å². The highest BCUT2D eigenvalue weighted by Gasteiger charge is 2.40. The Morgan fingerprint density at radius 1 is 1.20 bits per heavy atom. The van der Waals surface area contributed by atoms with E-state index in [1.54, 1.807) is 0 Å². The van der Waals surface area contributed by atoms with Crippen molar-refractivity contribution >= 4 is 24.3 Å². The first-order chi connectivity index (χ1) is 11.7. The largest absolute Gasteiger partial charge is 0.431 e. The van der Waals surface area contributed by atoms with E-state index >= 15 is 0 Å². The van der Waals surface area contributed by atoms with Crippen molar-refractivity contribution in [3.8, 4) is 0 Å². The molecule has 0 aromatic carbocycles. The molecule has 0 heterocycles. The van der Waals surface area contributed by atoms with Gasteiger partial charge >= 0.3 is 6.18 Å². The normalized spacial score (nSPS) is 21.6. The lowest BCUT2D eigenvalue weighted by Crippen LogP contribution is -2.41. The molecule has 1 fully saturated rings. The Hall–Kier alpha value is -2.59. The lowest BCUT2D eigenvalue weighted by atomic mass is 9.85. The summed E-state index contributed by atoms with van der Waals surface area (Å²) in [6, 6.07) is -0.679. The second-order valence-corrected chi connectivity index (χ2v) is 5.43. The Morgan fingerprint density at radius 2 is 1.80 bits per heavy atom. The molecule has 0 unspecified atom stereocenters. The third-order valence-electron chi connectivity index (χ3n) is 3.80. The minimum atomic E-state index is -4.91. The number of carbonyl (C=O) groups excluding carboxylic acids is 3. The van der Waals surface area contributed by atoms with Crippen LogP contribution < -0.4 is 10.6 Å². The molecule has 0 aromatic heterocycles. The fraction of sp³-hybridized carbons (Fsp3) is 0.571. The van der Waals surface area contributed by atoms with E-state index in [1.807, 2.05) is 5.32 Å². The van der Waals surface area contributed by atoms with Gasteiger partial charge in [0.05, 0.1) is 12.1 Å². The van der Waals surface area contributed by atoms with E-state index in [9.17, 15) is 32.5 Å². The number of amides is 2. The molecule has 0 aliphatic heterocycles. The van der Waals surface area contributed by atoms with E-state index in [4.69, 9.17) is 5.41 Å². The molecule has 0 aromatic rings. The number of nitrogens with one attached hydrogen (secondary N) is 3. The Labute approximate surface area is 140 Å². The highest BCUT2D eigenvalue weighted by Crippen LogP contribution is 2.30. The van der Waals surface area contributed by atoms with Crippen molar-refractivity contribution in [3.63, 3.8) is 0 Å². The third kappa shape index (κ3) is 5.76. The van der Waals surface area contributed by atoms with E-state index in [0.29, 0.717) is 6.29 Å². The first-order valence-electron chi connectivity index (χ1n) is 7.42. The summed E-state index contributed by atoms with van der Waals surface area (Å²) in [4.78, 5) is 43.4. The average Bonchev–Trinajstić information content (AvgIpc) is 2.58. The standard InChI is InChI=1S/C14H17F3N4O4/c15-14(16,17)11(10(7-18)13(24)19-5-6-22)20-9-3-1-8(2-4-9)12(23)21-25/h6-9,18,20H,1-5H2,(H,19,24)/b11-10+,18-7?/t8-,9+. The second-order valence-electron chi connectivity index (χ2n) is 5.43. The maximum atomic E-state index is 13.3. The van der Waals surface area contributed by atoms with Crippen molar-refractivity contribution < 1.29 is 27.6 Å². The molecular weight excluding hydrogens is 345 g/mol. The van der Waals surface area contributed by atoms with Gasteiger partial charge in [0.15, 0.2) is 0 Å². The second kappa shape index (κ2) is 9.04. The molecule has 25 heavy (non-hydrogen) atoms. The maximum Gasteiger partial charge on any atom is 0.431 e. The summed E-state index contributed by atoms with van der Waals surface area (Å²) in [7, 11) is 0. The van der Waals surface area contributed by atoms with Gasteiger partial charge in [-0.15, -0.1) is 4.91 Å². The summed E-state index contributed by atoms with van der Waals surface area (Å²) in [6.45, 7) is -0.479. The van der Waals surface area contributed by atoms with Crippen LogP contribution in [0.4, 0.5) is 13.2 Å². The van der Waals surface area contributed by atoms with Crippen molar-refractivity contribution in [2.24, 2.45) is 11.1 Å². The zero-order chi connectivity index (χ0) is 19.0. The summed E-state index contributed by atoms with van der Waals surface area (Å²) < 4.78 is 39.8. The first kappa shape index (κ1) is 20.5. The van der Waals surface area contributed by atoms with E-state index < -0.39 is 47.8 Å². The van der Waals surface area contributed by atoms with E-state index in [2.05, 4.69) is 10.5 Å². The molecule has 1 aliphatic rings. The van der Waals surface area contributed by atoms with Crippen LogP contribution in [0.25, 0.3) is 0 Å². The molecule has 138 valence electrons.